The molecular formula is C33H57FO5SSi. The lowest BCUT2D eigenvalue weighted by atomic mass is 9.60. The van der Waals surface area contributed by atoms with Crippen molar-refractivity contribution in [3.8, 4) is 0 Å². The van der Waals surface area contributed by atoms with Gasteiger partial charge in [-0.05, 0) is 106 Å². The first-order valence-corrected chi connectivity index (χ1v) is 20.6. The zero-order valence-electron chi connectivity index (χ0n) is 27.1. The molecule has 236 valence electrons. The summed E-state index contributed by atoms with van der Waals surface area (Å²) in [5, 5.41) is 20.2. The van der Waals surface area contributed by atoms with E-state index < -0.39 is 40.6 Å². The van der Waals surface area contributed by atoms with E-state index in [2.05, 4.69) is 47.7 Å². The van der Waals surface area contributed by atoms with Gasteiger partial charge in [-0.3, -0.25) is 0 Å². The van der Waals surface area contributed by atoms with E-state index in [-0.39, 0.29) is 28.6 Å². The Balaban J connectivity index is 1.59. The number of rotatable bonds is 8. The number of hydrogen-bond acceptors (Lipinski definition) is 5. The molecule has 2 N–H and O–H groups in total. The van der Waals surface area contributed by atoms with Crippen LogP contribution in [0.5, 0.6) is 0 Å². The van der Waals surface area contributed by atoms with Crippen molar-refractivity contribution in [1.29, 1.82) is 0 Å². The first kappa shape index (κ1) is 33.4. The summed E-state index contributed by atoms with van der Waals surface area (Å²) in [4.78, 5) is 0. The molecule has 0 amide bonds. The van der Waals surface area contributed by atoms with Gasteiger partial charge in [0.1, 0.15) is 5.25 Å². The number of sulfone groups is 1. The van der Waals surface area contributed by atoms with Crippen molar-refractivity contribution in [3.63, 3.8) is 0 Å². The van der Waals surface area contributed by atoms with Gasteiger partial charge in [0.15, 0.2) is 18.2 Å². The van der Waals surface area contributed by atoms with E-state index in [0.29, 0.717) is 29.7 Å². The third kappa shape index (κ3) is 6.48. The summed E-state index contributed by atoms with van der Waals surface area (Å²) >= 11 is 0. The van der Waals surface area contributed by atoms with Crippen LogP contribution in [0.15, 0.2) is 22.8 Å². The van der Waals surface area contributed by atoms with Crippen molar-refractivity contribution in [3.05, 3.63) is 22.8 Å². The maximum atomic E-state index is 15.6. The molecule has 5 nitrogen and oxygen atoms in total. The van der Waals surface area contributed by atoms with Crippen LogP contribution in [0.4, 0.5) is 4.39 Å². The Labute approximate surface area is 250 Å². The highest BCUT2D eigenvalue weighted by atomic mass is 32.2. The Morgan fingerprint density at radius 3 is 2.46 bits per heavy atom. The number of halogens is 1. The molecule has 0 aromatic heterocycles. The molecular weight excluding hydrogens is 556 g/mol. The number of aliphatic hydroxyl groups excluding tert-OH is 1. The molecule has 3 aliphatic carbocycles. The van der Waals surface area contributed by atoms with E-state index in [0.717, 1.165) is 51.4 Å². The van der Waals surface area contributed by atoms with E-state index in [1.165, 1.54) is 5.57 Å². The molecule has 41 heavy (non-hydrogen) atoms. The van der Waals surface area contributed by atoms with Gasteiger partial charge in [0.2, 0.25) is 5.50 Å². The van der Waals surface area contributed by atoms with Crippen molar-refractivity contribution in [1.82, 2.24) is 0 Å². The molecule has 0 aromatic carbocycles. The summed E-state index contributed by atoms with van der Waals surface area (Å²) in [5.74, 6) is 1.40. The minimum absolute atomic E-state index is 0.0185. The molecule has 8 atom stereocenters. The fourth-order valence-electron chi connectivity index (χ4n) is 8.46. The van der Waals surface area contributed by atoms with Crippen molar-refractivity contribution >= 4 is 18.2 Å². The van der Waals surface area contributed by atoms with Crippen LogP contribution in [0.3, 0.4) is 0 Å². The van der Waals surface area contributed by atoms with Gasteiger partial charge >= 0.3 is 0 Å². The Kier molecular flexibility index (Phi) is 9.30. The van der Waals surface area contributed by atoms with Crippen LogP contribution in [0.2, 0.25) is 18.1 Å². The lowest BCUT2D eigenvalue weighted by Crippen LogP contribution is -2.46. The van der Waals surface area contributed by atoms with Gasteiger partial charge in [0.05, 0.1) is 17.8 Å². The van der Waals surface area contributed by atoms with E-state index >= 15 is 4.39 Å². The number of fused-ring (bicyclic) bond motifs is 1. The third-order valence-electron chi connectivity index (χ3n) is 11.7. The van der Waals surface area contributed by atoms with Crippen LogP contribution in [0.25, 0.3) is 0 Å². The summed E-state index contributed by atoms with van der Waals surface area (Å²) in [7, 11) is -6.28. The summed E-state index contributed by atoms with van der Waals surface area (Å²) < 4.78 is 49.3. The predicted molar refractivity (Wildman–Crippen MR) is 168 cm³/mol. The molecule has 0 spiro atoms. The second kappa shape index (κ2) is 11.4. The van der Waals surface area contributed by atoms with Gasteiger partial charge in [-0.2, -0.15) is 0 Å². The quantitative estimate of drug-likeness (QED) is 0.217. The summed E-state index contributed by atoms with van der Waals surface area (Å²) in [6.45, 7) is 19.3. The minimum atomic E-state index is -4.13. The molecule has 0 aromatic rings. The smallest absolute Gasteiger partial charge is 0.225 e. The monoisotopic (exact) mass is 612 g/mol. The fraction of sp³-hybridized carbons (Fsp3) is 0.879. The Morgan fingerprint density at radius 1 is 1.20 bits per heavy atom. The highest BCUT2D eigenvalue weighted by molar-refractivity contribution is 7.93. The van der Waals surface area contributed by atoms with Crippen LogP contribution in [0, 0.1) is 23.2 Å². The maximum Gasteiger partial charge on any atom is 0.225 e. The molecule has 1 aliphatic heterocycles. The zero-order valence-corrected chi connectivity index (χ0v) is 28.9. The standard InChI is InChI=1S/C33H57FO5SSi/c1-21(12-10-16-32(5,6)36)25-14-15-26-22(13-11-17-33(25,26)7)18-28-24-19-23(39-41(8,9)31(2,3)4)20-27(35)29(24)30(34)40(28,37)38/h18,21,23,25-28,30,35-36H,10-17,19-20H2,1-9H3/b22-18+/t21-,23-,25-,26+,27+,28+,30-,33-/m1/s1. The molecule has 0 unspecified atom stereocenters. The topological polar surface area (TPSA) is 83.8 Å². The second-order valence-corrected chi connectivity index (χ2v) is 23.1. The third-order valence-corrected chi connectivity index (χ3v) is 18.2. The molecule has 1 heterocycles. The van der Waals surface area contributed by atoms with E-state index in [9.17, 15) is 18.6 Å². The Morgan fingerprint density at radius 2 is 1.85 bits per heavy atom. The minimum Gasteiger partial charge on any atom is -0.414 e. The molecule has 2 fully saturated rings. The average molecular weight is 613 g/mol. The van der Waals surface area contributed by atoms with Gasteiger partial charge in [-0.15, -0.1) is 0 Å². The number of aliphatic hydroxyl groups is 2. The van der Waals surface area contributed by atoms with E-state index in [4.69, 9.17) is 4.43 Å². The van der Waals surface area contributed by atoms with E-state index in [1.807, 2.05) is 19.9 Å². The maximum absolute atomic E-state index is 15.6. The molecule has 0 saturated heterocycles. The highest BCUT2D eigenvalue weighted by Crippen LogP contribution is 2.60. The lowest BCUT2D eigenvalue weighted by molar-refractivity contribution is 0.0596. The summed E-state index contributed by atoms with van der Waals surface area (Å²) in [6, 6.07) is 0. The fourth-order valence-corrected chi connectivity index (χ4v) is 11.7. The van der Waals surface area contributed by atoms with Crippen LogP contribution < -0.4 is 0 Å². The SMILES string of the molecule is C[C@H](CCCC(C)(C)O)[C@H]1CC[C@H]2/C(=C/[C@H]3C4=C([C@@H](O)C[C@H](O[Si](C)(C)C(C)(C)C)C4)[C@H](F)S3(=O)=O)CCC[C@]12C. The van der Waals surface area contributed by atoms with E-state index in [1.54, 1.807) is 0 Å². The Bertz CT molecular complexity index is 1150. The summed E-state index contributed by atoms with van der Waals surface area (Å²) in [6.07, 6.45) is 9.16. The van der Waals surface area contributed by atoms with Gasteiger partial charge in [0, 0.05) is 12.0 Å². The molecule has 0 radical (unpaired) electrons. The first-order chi connectivity index (χ1) is 18.7. The molecule has 0 bridgehead atoms. The van der Waals surface area contributed by atoms with Gasteiger partial charge in [0.25, 0.3) is 0 Å². The highest BCUT2D eigenvalue weighted by Gasteiger charge is 2.55. The average Bonchev–Trinajstić information content (AvgIpc) is 3.25. The van der Waals surface area contributed by atoms with Gasteiger partial charge in [-0.1, -0.05) is 59.1 Å². The van der Waals surface area contributed by atoms with Crippen molar-refractivity contribution in [2.75, 3.05) is 0 Å². The zero-order chi connectivity index (χ0) is 30.8. The lowest BCUT2D eigenvalue weighted by Gasteiger charge is -2.45. The van der Waals surface area contributed by atoms with Crippen LogP contribution >= 0.6 is 0 Å². The molecule has 8 heteroatoms. The first-order valence-electron chi connectivity index (χ1n) is 16.1. The number of allylic oxidation sites excluding steroid dienone is 1. The Hall–Kier alpha value is -0.543. The molecule has 4 rings (SSSR count). The van der Waals surface area contributed by atoms with Crippen molar-refractivity contribution in [2.45, 2.75) is 159 Å². The van der Waals surface area contributed by atoms with Crippen LogP contribution in [0.1, 0.15) is 113 Å². The van der Waals surface area contributed by atoms with Gasteiger partial charge in [-0.25, -0.2) is 12.8 Å². The number of alkyl halides is 1. The normalized spacial score (nSPS) is 37.8. The van der Waals surface area contributed by atoms with Crippen LogP contribution in [-0.2, 0) is 14.3 Å². The van der Waals surface area contributed by atoms with Gasteiger partial charge < -0.3 is 14.6 Å². The number of hydrogen-bond donors (Lipinski definition) is 2. The van der Waals surface area contributed by atoms with Crippen LogP contribution in [-0.4, -0.2) is 55.5 Å². The van der Waals surface area contributed by atoms with Crippen molar-refractivity contribution in [2.24, 2.45) is 23.2 Å². The molecule has 2 saturated carbocycles. The van der Waals surface area contributed by atoms with Crippen molar-refractivity contribution < 1.29 is 27.4 Å². The largest absolute Gasteiger partial charge is 0.414 e. The predicted octanol–water partition coefficient (Wildman–Crippen LogP) is 7.64. The summed E-state index contributed by atoms with van der Waals surface area (Å²) in [5.41, 5.74) is -0.850. The molecule has 4 aliphatic rings. The second-order valence-electron chi connectivity index (χ2n) is 16.3.